The Balaban J connectivity index is 0.000000187. The number of fused-ring (bicyclic) bond motifs is 4. The topological polar surface area (TPSA) is 304 Å². The molecule has 0 aliphatic rings. The van der Waals surface area contributed by atoms with Crippen molar-refractivity contribution in [3.63, 3.8) is 0 Å². The maximum Gasteiger partial charge on any atom is 0.183 e. The van der Waals surface area contributed by atoms with E-state index in [2.05, 4.69) is 86.2 Å². The molecule has 11 N–H and O–H groups in total. The number of aryl methyl sites for hydroxylation is 2. The smallest absolute Gasteiger partial charge is 0.183 e. The van der Waals surface area contributed by atoms with Gasteiger partial charge in [0.2, 0.25) is 0 Å². The van der Waals surface area contributed by atoms with E-state index in [1.165, 1.54) is 42.5 Å². The Kier molecular flexibility index (Phi) is 25.1. The predicted molar refractivity (Wildman–Crippen MR) is 285 cm³/mol. The molecule has 75 heavy (non-hydrogen) atoms. The molecule has 384 valence electrons. The molecule has 0 saturated heterocycles. The van der Waals surface area contributed by atoms with E-state index in [0.717, 1.165) is 73.8 Å². The molecule has 0 spiro atoms. The molecule has 20 nitrogen and oxygen atoms in total. The number of nitrogen functional groups attached to an aromatic ring is 3. The molecule has 0 fully saturated rings. The average Bonchev–Trinajstić information content (AvgIpc) is 4.20. The summed E-state index contributed by atoms with van der Waals surface area (Å²) in [6.45, 7) is 1.50. The number of benzene rings is 3. The van der Waals surface area contributed by atoms with Gasteiger partial charge in [0, 0.05) is 154 Å². The van der Waals surface area contributed by atoms with Gasteiger partial charge in [0.25, 0.3) is 0 Å². The molecule has 0 amide bonds. The van der Waals surface area contributed by atoms with Crippen LogP contribution in [0.4, 0.5) is 17.5 Å². The van der Waals surface area contributed by atoms with Gasteiger partial charge in [-0.2, -0.15) is 0 Å². The maximum atomic E-state index is 7.93. The Bertz CT molecular complexity index is 3780. The van der Waals surface area contributed by atoms with E-state index in [-0.39, 0.29) is 119 Å². The van der Waals surface area contributed by atoms with E-state index in [0.29, 0.717) is 62.0 Å². The van der Waals surface area contributed by atoms with Crippen molar-refractivity contribution < 1.29 is 113 Å². The third kappa shape index (κ3) is 16.9. The summed E-state index contributed by atoms with van der Waals surface area (Å²) >= 11 is 9.49. The summed E-state index contributed by atoms with van der Waals surface area (Å²) in [5.41, 5.74) is 22.8. The molecule has 27 heteroatoms. The summed E-state index contributed by atoms with van der Waals surface area (Å²) < 4.78 is 4.51. The van der Waals surface area contributed by atoms with Gasteiger partial charge in [0.15, 0.2) is 71.3 Å². The minimum Gasteiger partial charge on any atom is -0.382 e. The number of nitrogens with zero attached hydrogens (tertiary/aromatic N) is 12. The molecular formula is C48H44Ar3N20S4. The first-order chi connectivity index (χ1) is 35.2. The van der Waals surface area contributed by atoms with Crippen LogP contribution in [0.1, 0.15) is 25.7 Å². The van der Waals surface area contributed by atoms with Gasteiger partial charge in [-0.15, -0.1) is 24.7 Å². The van der Waals surface area contributed by atoms with E-state index in [9.17, 15) is 0 Å². The summed E-state index contributed by atoms with van der Waals surface area (Å²) in [5.74, 6) is 6.52. The molecule has 0 unspecified atom stereocenters. The SMILES string of the molecule is C#CCCCn1c(Sc2ccccc2)nc2c(N)ncnc21.C#CCCCn1cnc(=N)c2[nH]c(Sc3ccccc3)nc21.Nc1ncnc2[nH]c(=S)[nH]c12.Nc1ncnc2nc(Sc3ccccc3)[nH]c12.[Ar].[Ar].[Ar]. The van der Waals surface area contributed by atoms with E-state index in [1.54, 1.807) is 18.1 Å². The predicted octanol–water partition coefficient (Wildman–Crippen LogP) is 8.46. The fourth-order valence-electron chi connectivity index (χ4n) is 6.62. The summed E-state index contributed by atoms with van der Waals surface area (Å²) in [6.07, 6.45) is 19.7. The van der Waals surface area contributed by atoms with Crippen LogP contribution < -0.4 is 22.7 Å². The Morgan fingerprint density at radius 2 is 1.09 bits per heavy atom. The Labute approximate surface area is 537 Å². The largest absolute Gasteiger partial charge is 0.382 e. The van der Waals surface area contributed by atoms with Gasteiger partial charge in [-0.25, -0.2) is 49.8 Å². The van der Waals surface area contributed by atoms with Gasteiger partial charge in [-0.05, 0) is 61.5 Å². The van der Waals surface area contributed by atoms with Gasteiger partial charge in [-0.3, -0.25) is 5.41 Å². The Hall–Kier alpha value is -4.77. The van der Waals surface area contributed by atoms with Gasteiger partial charge < -0.3 is 46.3 Å². The minimum atomic E-state index is 0. The number of H-pyrrole nitrogens is 4. The molecule has 8 aromatic heterocycles. The van der Waals surface area contributed by atoms with Crippen molar-refractivity contribution >= 4 is 110 Å². The van der Waals surface area contributed by atoms with E-state index >= 15 is 0 Å². The van der Waals surface area contributed by atoms with Crippen LogP contribution in [0.15, 0.2) is 146 Å². The zero-order chi connectivity index (χ0) is 50.2. The second-order valence-corrected chi connectivity index (χ2v) is 18.5. The second-order valence-electron chi connectivity index (χ2n) is 14.9. The Morgan fingerprint density at radius 3 is 1.69 bits per heavy atom. The summed E-state index contributed by atoms with van der Waals surface area (Å²) in [4.78, 5) is 57.0. The quantitative estimate of drug-likeness (QED) is 0.0323. The van der Waals surface area contributed by atoms with E-state index in [4.69, 9.17) is 47.7 Å². The first-order valence-electron chi connectivity index (χ1n) is 21.8. The number of aromatic nitrogens is 16. The van der Waals surface area contributed by atoms with E-state index < -0.39 is 0 Å². The molecule has 8 heterocycles. The van der Waals surface area contributed by atoms with Crippen LogP contribution in [0.5, 0.6) is 0 Å². The van der Waals surface area contributed by atoms with Crippen molar-refractivity contribution in [1.82, 2.24) is 78.9 Å². The van der Waals surface area contributed by atoms with Gasteiger partial charge in [0.05, 0.1) is 6.33 Å². The maximum absolute atomic E-state index is 7.93. The van der Waals surface area contributed by atoms with Crippen molar-refractivity contribution in [2.45, 2.75) is 68.9 Å². The van der Waals surface area contributed by atoms with Crippen LogP contribution in [-0.4, -0.2) is 78.9 Å². The van der Waals surface area contributed by atoms with Crippen molar-refractivity contribution in [2.75, 3.05) is 17.2 Å². The summed E-state index contributed by atoms with van der Waals surface area (Å²) in [5, 5.41) is 10.3. The van der Waals surface area contributed by atoms with Crippen molar-refractivity contribution in [1.29, 1.82) is 5.41 Å². The normalized spacial score (nSPS) is 10.3. The van der Waals surface area contributed by atoms with Crippen molar-refractivity contribution in [3.8, 4) is 24.7 Å². The molecule has 3 aromatic carbocycles. The third-order valence-electron chi connectivity index (χ3n) is 9.96. The fourth-order valence-corrected chi connectivity index (χ4v) is 9.35. The van der Waals surface area contributed by atoms with Gasteiger partial charge in [-0.1, -0.05) is 89.9 Å². The third-order valence-corrected chi connectivity index (χ3v) is 13.0. The number of imidazole rings is 4. The number of terminal acetylenes is 2. The molecule has 0 aliphatic carbocycles. The number of aromatic amines is 4. The first-order valence-corrected chi connectivity index (χ1v) is 24.7. The van der Waals surface area contributed by atoms with Crippen LogP contribution in [0.25, 0.3) is 44.7 Å². The first kappa shape index (κ1) is 61.1. The fraction of sp³-hybridized carbons (Fsp3) is 0.125. The van der Waals surface area contributed by atoms with E-state index in [1.807, 2.05) is 95.6 Å². The monoisotopic (exact) mass is 1150 g/mol. The number of hydrogen-bond acceptors (Lipinski definition) is 18. The average molecular weight is 1150 g/mol. The van der Waals surface area contributed by atoms with Crippen LogP contribution >= 0.6 is 47.5 Å². The Morgan fingerprint density at radius 1 is 0.560 bits per heavy atom. The van der Waals surface area contributed by atoms with Gasteiger partial charge >= 0.3 is 0 Å². The zero-order valence-electron chi connectivity index (χ0n) is 39.2. The molecule has 0 aliphatic heterocycles. The minimum absolute atomic E-state index is 0. The van der Waals surface area contributed by atoms with Crippen LogP contribution in [0.3, 0.4) is 0 Å². The number of nitrogens with one attached hydrogen (secondary N) is 5. The molecule has 0 radical (unpaired) electrons. The second kappa shape index (κ2) is 30.8. The standard InChI is InChI=1S/2C16H15N5S.C11H9N5S.C5H5N5S.3Ar/c1-2-3-7-10-21-11-18-14(17)13-15(21)20-16(19-13)22-12-8-5-4-6-9-12;1-2-3-7-10-21-15-13(14(17)18-11-19-15)20-16(21)22-12-8-5-4-6-9-12;12-9-8-10(14-6-13-9)16-11(15-8)17-7-4-2-1-3-5-7;6-3-2-4(8-1-7-3)10-5(11)9-2;;;/h1,4-6,8-9,11,17H,3,7,10H2,(H,19,20);1,4-6,8-9,11H,3,7,10H2,(H2,17,18,19);1-6H,(H3,12,13,14,15,16);1H,(H4,6,7,8,9,10,11);;;. The van der Waals surface area contributed by atoms with Crippen LogP contribution in [-0.2, 0) is 13.1 Å². The molecule has 0 atom stereocenters. The molecule has 0 saturated carbocycles. The van der Waals surface area contributed by atoms with Gasteiger partial charge in [0.1, 0.15) is 35.5 Å². The number of unbranched alkanes of at least 4 members (excludes halogenated alkanes) is 2. The van der Waals surface area contributed by atoms with Crippen LogP contribution in [0, 0.1) is 148 Å². The molecule has 11 rings (SSSR count). The van der Waals surface area contributed by atoms with Crippen molar-refractivity contribution in [2.24, 2.45) is 0 Å². The zero-order valence-corrected chi connectivity index (χ0v) is 44.5. The number of nitrogens with two attached hydrogens (primary N) is 3. The molecule has 11 aromatic rings. The summed E-state index contributed by atoms with van der Waals surface area (Å²) in [6, 6.07) is 30.1. The number of anilines is 3. The summed E-state index contributed by atoms with van der Waals surface area (Å²) in [7, 11) is 0. The number of rotatable bonds is 12. The number of hydrogen-bond donors (Lipinski definition) is 8. The van der Waals surface area contributed by atoms with Crippen LogP contribution in [0.2, 0.25) is 0 Å². The molecular weight excluding hydrogens is 1100 g/mol. The molecule has 0 bridgehead atoms. The van der Waals surface area contributed by atoms with Crippen molar-refractivity contribution in [3.05, 3.63) is 127 Å².